The molecule has 0 saturated carbocycles. The Morgan fingerprint density at radius 1 is 1.08 bits per heavy atom. The van der Waals surface area contributed by atoms with Crippen LogP contribution in [0.4, 0.5) is 0 Å². The fourth-order valence-corrected chi connectivity index (χ4v) is 3.27. The third-order valence-electron chi connectivity index (χ3n) is 4.35. The van der Waals surface area contributed by atoms with Crippen molar-refractivity contribution >= 4 is 11.6 Å². The molecule has 1 heterocycles. The van der Waals surface area contributed by atoms with Crippen LogP contribution in [-0.2, 0) is 11.2 Å². The third kappa shape index (κ3) is 4.08. The molecule has 2 aromatic carbocycles. The predicted molar refractivity (Wildman–Crippen MR) is 92.3 cm³/mol. The van der Waals surface area contributed by atoms with E-state index in [9.17, 15) is 15.3 Å². The molecule has 0 spiro atoms. The monoisotopic (exact) mass is 348 g/mol. The molecular formula is C19H21ClO4. The Bertz CT molecular complexity index is 686. The zero-order valence-electron chi connectivity index (χ0n) is 13.2. The van der Waals surface area contributed by atoms with Gasteiger partial charge in [0.2, 0.25) is 0 Å². The molecule has 0 amide bonds. The number of benzene rings is 2. The average molecular weight is 349 g/mol. The molecular weight excluding hydrogens is 328 g/mol. The van der Waals surface area contributed by atoms with Crippen LogP contribution in [0.2, 0.25) is 5.02 Å². The second-order valence-electron chi connectivity index (χ2n) is 6.25. The van der Waals surface area contributed by atoms with Crippen molar-refractivity contribution in [3.05, 3.63) is 64.2 Å². The van der Waals surface area contributed by atoms with E-state index in [1.54, 1.807) is 12.1 Å². The molecule has 3 N–H and O–H groups in total. The number of halogens is 1. The maximum Gasteiger partial charge on any atom is 0.115 e. The second-order valence-corrected chi connectivity index (χ2v) is 6.66. The first-order valence-electron chi connectivity index (χ1n) is 8.05. The Kier molecular flexibility index (Phi) is 5.41. The minimum atomic E-state index is -0.475. The van der Waals surface area contributed by atoms with Gasteiger partial charge in [0.1, 0.15) is 5.75 Å². The van der Waals surface area contributed by atoms with Crippen molar-refractivity contribution in [3.63, 3.8) is 0 Å². The van der Waals surface area contributed by atoms with E-state index in [2.05, 4.69) is 0 Å². The molecule has 0 aromatic heterocycles. The lowest BCUT2D eigenvalue weighted by Crippen LogP contribution is -2.33. The molecule has 1 fully saturated rings. The van der Waals surface area contributed by atoms with Gasteiger partial charge < -0.3 is 20.1 Å². The summed E-state index contributed by atoms with van der Waals surface area (Å²) in [5.74, 6) is 0.234. The van der Waals surface area contributed by atoms with E-state index < -0.39 is 6.10 Å². The Morgan fingerprint density at radius 3 is 2.54 bits per heavy atom. The van der Waals surface area contributed by atoms with Gasteiger partial charge in [-0.05, 0) is 41.3 Å². The summed E-state index contributed by atoms with van der Waals surface area (Å²) >= 11 is 6.32. The van der Waals surface area contributed by atoms with Crippen molar-refractivity contribution in [1.82, 2.24) is 0 Å². The van der Waals surface area contributed by atoms with Crippen molar-refractivity contribution < 1.29 is 20.1 Å². The van der Waals surface area contributed by atoms with Crippen molar-refractivity contribution in [2.45, 2.75) is 37.6 Å². The minimum Gasteiger partial charge on any atom is -0.508 e. The van der Waals surface area contributed by atoms with Gasteiger partial charge in [-0.2, -0.15) is 0 Å². The summed E-state index contributed by atoms with van der Waals surface area (Å²) in [6.45, 7) is -0.0957. The van der Waals surface area contributed by atoms with Crippen LogP contribution in [-0.4, -0.2) is 34.1 Å². The van der Waals surface area contributed by atoms with Crippen LogP contribution < -0.4 is 0 Å². The van der Waals surface area contributed by atoms with Crippen molar-refractivity contribution in [3.8, 4) is 5.75 Å². The summed E-state index contributed by atoms with van der Waals surface area (Å²) in [7, 11) is 0. The average Bonchev–Trinajstić information content (AvgIpc) is 2.58. The topological polar surface area (TPSA) is 69.9 Å². The van der Waals surface area contributed by atoms with E-state index in [4.69, 9.17) is 16.3 Å². The number of aromatic hydroxyl groups is 1. The number of hydrogen-bond donors (Lipinski definition) is 3. The molecule has 0 radical (unpaired) electrons. The lowest BCUT2D eigenvalue weighted by molar-refractivity contribution is -0.113. The Balaban J connectivity index is 1.81. The quantitative estimate of drug-likeness (QED) is 0.793. The smallest absolute Gasteiger partial charge is 0.115 e. The van der Waals surface area contributed by atoms with Crippen LogP contribution in [0, 0.1) is 0 Å². The number of phenolic OH excluding ortho intramolecular Hbond substituents is 1. The van der Waals surface area contributed by atoms with Gasteiger partial charge in [0.15, 0.2) is 0 Å². The highest BCUT2D eigenvalue weighted by Crippen LogP contribution is 2.33. The van der Waals surface area contributed by atoms with Crippen molar-refractivity contribution in [2.24, 2.45) is 0 Å². The zero-order chi connectivity index (χ0) is 17.1. The molecule has 0 bridgehead atoms. The number of rotatable bonds is 4. The van der Waals surface area contributed by atoms with E-state index in [-0.39, 0.29) is 24.6 Å². The summed E-state index contributed by atoms with van der Waals surface area (Å²) in [5.41, 5.74) is 2.96. The Labute approximate surface area is 146 Å². The van der Waals surface area contributed by atoms with Crippen LogP contribution in [0.3, 0.4) is 0 Å². The largest absolute Gasteiger partial charge is 0.508 e. The first-order chi connectivity index (χ1) is 11.5. The van der Waals surface area contributed by atoms with Gasteiger partial charge in [-0.3, -0.25) is 0 Å². The van der Waals surface area contributed by atoms with Gasteiger partial charge in [0.05, 0.1) is 24.9 Å². The van der Waals surface area contributed by atoms with Crippen LogP contribution in [0.15, 0.2) is 42.5 Å². The van der Waals surface area contributed by atoms with E-state index in [1.807, 2.05) is 30.3 Å². The summed E-state index contributed by atoms with van der Waals surface area (Å²) < 4.78 is 5.87. The standard InChI is InChI=1S/C19H21ClO4/c20-18-6-3-13(19-10-16(23)9-17(11-21)24-19)8-14(18)7-12-1-4-15(22)5-2-12/h1-6,8,16-17,19,21-23H,7,9-11H2/t16-,17-,19-/m0/s1. The fourth-order valence-electron chi connectivity index (χ4n) is 3.09. The molecule has 1 aliphatic heterocycles. The van der Waals surface area contributed by atoms with E-state index in [0.29, 0.717) is 24.3 Å². The molecule has 4 nitrogen and oxygen atoms in total. The van der Waals surface area contributed by atoms with Gasteiger partial charge in [-0.1, -0.05) is 35.9 Å². The van der Waals surface area contributed by atoms with Gasteiger partial charge in [-0.25, -0.2) is 0 Å². The maximum atomic E-state index is 9.99. The van der Waals surface area contributed by atoms with Crippen LogP contribution in [0.25, 0.3) is 0 Å². The zero-order valence-corrected chi connectivity index (χ0v) is 14.0. The molecule has 3 atom stereocenters. The molecule has 128 valence electrons. The normalized spacial score (nSPS) is 24.0. The summed E-state index contributed by atoms with van der Waals surface area (Å²) in [5, 5.41) is 29.3. The number of ether oxygens (including phenoxy) is 1. The van der Waals surface area contributed by atoms with Gasteiger partial charge in [-0.15, -0.1) is 0 Å². The van der Waals surface area contributed by atoms with Gasteiger partial charge >= 0.3 is 0 Å². The number of aliphatic hydroxyl groups excluding tert-OH is 2. The highest BCUT2D eigenvalue weighted by atomic mass is 35.5. The van der Waals surface area contributed by atoms with E-state index >= 15 is 0 Å². The minimum absolute atomic E-state index is 0.0957. The van der Waals surface area contributed by atoms with E-state index in [1.165, 1.54) is 0 Å². The van der Waals surface area contributed by atoms with Crippen LogP contribution in [0.1, 0.15) is 35.6 Å². The van der Waals surface area contributed by atoms with Crippen LogP contribution in [0.5, 0.6) is 5.75 Å². The summed E-state index contributed by atoms with van der Waals surface area (Å²) in [4.78, 5) is 0. The number of phenols is 1. The lowest BCUT2D eigenvalue weighted by atomic mass is 9.94. The Hall–Kier alpha value is -1.59. The fraction of sp³-hybridized carbons (Fsp3) is 0.368. The number of hydrogen-bond acceptors (Lipinski definition) is 4. The highest BCUT2D eigenvalue weighted by molar-refractivity contribution is 6.31. The SMILES string of the molecule is OC[C@@H]1C[C@H](O)C[C@@H](c2ccc(Cl)c(Cc3ccc(O)cc3)c2)O1. The molecule has 5 heteroatoms. The second kappa shape index (κ2) is 7.53. The third-order valence-corrected chi connectivity index (χ3v) is 4.72. The summed E-state index contributed by atoms with van der Waals surface area (Å²) in [6.07, 6.45) is 0.553. The first kappa shape index (κ1) is 17.2. The molecule has 1 saturated heterocycles. The number of aliphatic hydroxyl groups is 2. The molecule has 1 aliphatic rings. The summed E-state index contributed by atoms with van der Waals surface area (Å²) in [6, 6.07) is 12.8. The molecule has 24 heavy (non-hydrogen) atoms. The maximum absolute atomic E-state index is 9.99. The Morgan fingerprint density at radius 2 is 1.83 bits per heavy atom. The van der Waals surface area contributed by atoms with Crippen molar-refractivity contribution in [1.29, 1.82) is 0 Å². The molecule has 0 unspecified atom stereocenters. The van der Waals surface area contributed by atoms with Gasteiger partial charge in [0, 0.05) is 17.9 Å². The molecule has 2 aromatic rings. The van der Waals surface area contributed by atoms with Crippen molar-refractivity contribution in [2.75, 3.05) is 6.61 Å². The predicted octanol–water partition coefficient (Wildman–Crippen LogP) is 3.21. The lowest BCUT2D eigenvalue weighted by Gasteiger charge is -2.32. The van der Waals surface area contributed by atoms with Crippen LogP contribution >= 0.6 is 11.6 Å². The first-order valence-corrected chi connectivity index (χ1v) is 8.43. The van der Waals surface area contributed by atoms with E-state index in [0.717, 1.165) is 16.7 Å². The molecule has 3 rings (SSSR count). The molecule has 0 aliphatic carbocycles. The highest BCUT2D eigenvalue weighted by Gasteiger charge is 2.29. The van der Waals surface area contributed by atoms with Gasteiger partial charge in [0.25, 0.3) is 0 Å².